The Balaban J connectivity index is 1.83. The molecule has 13 heteroatoms. The van der Waals surface area contributed by atoms with Crippen LogP contribution in [0.2, 0.25) is 0 Å². The molecular formula is C30H34F2NO7PS2. The summed E-state index contributed by atoms with van der Waals surface area (Å²) in [5.41, 5.74) is -4.06. The summed E-state index contributed by atoms with van der Waals surface area (Å²) < 4.78 is 62.3. The van der Waals surface area contributed by atoms with Gasteiger partial charge in [0.1, 0.15) is 24.1 Å². The highest BCUT2D eigenvalue weighted by Crippen LogP contribution is 2.63. The molecule has 0 saturated heterocycles. The molecule has 43 heavy (non-hydrogen) atoms. The monoisotopic (exact) mass is 653 g/mol. The van der Waals surface area contributed by atoms with Crippen LogP contribution >= 0.6 is 30.6 Å². The van der Waals surface area contributed by atoms with Crippen LogP contribution in [0.5, 0.6) is 0 Å². The molecule has 0 aliphatic heterocycles. The van der Waals surface area contributed by atoms with Crippen LogP contribution in [0.1, 0.15) is 48.0 Å². The molecule has 232 valence electrons. The first-order valence-corrected chi connectivity index (χ1v) is 16.9. The zero-order chi connectivity index (χ0) is 31.6. The molecule has 0 spiro atoms. The van der Waals surface area contributed by atoms with Gasteiger partial charge in [-0.1, -0.05) is 74.7 Å². The predicted molar refractivity (Wildman–Crippen MR) is 166 cm³/mol. The van der Waals surface area contributed by atoms with E-state index in [0.29, 0.717) is 22.1 Å². The summed E-state index contributed by atoms with van der Waals surface area (Å²) in [5, 5.41) is 2.38. The van der Waals surface area contributed by atoms with Gasteiger partial charge in [0.25, 0.3) is 0 Å². The highest BCUT2D eigenvalue weighted by molar-refractivity contribution is 8.13. The number of hydrogen-bond acceptors (Lipinski definition) is 9. The van der Waals surface area contributed by atoms with E-state index in [1.54, 1.807) is 30.3 Å². The average molecular weight is 654 g/mol. The summed E-state index contributed by atoms with van der Waals surface area (Å²) in [6.45, 7) is 7.94. The van der Waals surface area contributed by atoms with Crippen molar-refractivity contribution in [2.75, 3.05) is 19.0 Å². The fraction of sp³-hybridized carbons (Fsp3) is 0.367. The van der Waals surface area contributed by atoms with E-state index in [0.717, 1.165) is 35.2 Å². The third kappa shape index (κ3) is 9.55. The number of carbonyl (C=O) groups is 3. The first-order chi connectivity index (χ1) is 20.4. The largest absolute Gasteiger partial charge is 0.460 e. The van der Waals surface area contributed by atoms with Crippen LogP contribution in [-0.2, 0) is 40.4 Å². The van der Waals surface area contributed by atoms with Gasteiger partial charge in [0, 0.05) is 22.4 Å². The SMILES string of the molecule is C=CCOC(=O)c1cc2cc(C(F)(F)P(=O)(NC(C)C(=O)OCc3ccccc3)OCCSC(=O)CC(C)C)ccc2s1. The standard InChI is InChI=1S/C30H34F2NO7PS2/c1-5-13-38-29(36)26-18-23-17-24(11-12-25(23)43-26)30(31,32)41(37,40-14-15-42-27(34)16-20(2)3)33-21(4)28(35)39-19-22-9-7-6-8-10-22/h5-12,17-18,20-21H,1,13-16,19H2,2-4H3,(H,33,37). The van der Waals surface area contributed by atoms with Crippen molar-refractivity contribution in [3.63, 3.8) is 0 Å². The molecule has 1 heterocycles. The van der Waals surface area contributed by atoms with Crippen molar-refractivity contribution in [2.24, 2.45) is 5.92 Å². The molecule has 0 amide bonds. The number of fused-ring (bicyclic) bond motifs is 1. The van der Waals surface area contributed by atoms with Crippen LogP contribution < -0.4 is 5.09 Å². The minimum absolute atomic E-state index is 0.00406. The molecule has 8 nitrogen and oxygen atoms in total. The topological polar surface area (TPSA) is 108 Å². The van der Waals surface area contributed by atoms with E-state index >= 15 is 8.78 Å². The molecule has 0 saturated carbocycles. The molecule has 2 aromatic carbocycles. The summed E-state index contributed by atoms with van der Waals surface area (Å²) in [4.78, 5) is 37.2. The van der Waals surface area contributed by atoms with Crippen LogP contribution in [0.4, 0.5) is 8.78 Å². The fourth-order valence-corrected chi connectivity index (χ4v) is 7.53. The summed E-state index contributed by atoms with van der Waals surface area (Å²) >= 11 is 1.96. The van der Waals surface area contributed by atoms with Gasteiger partial charge in [0.15, 0.2) is 5.12 Å². The van der Waals surface area contributed by atoms with Crippen molar-refractivity contribution in [3.8, 4) is 0 Å². The normalized spacial score (nSPS) is 13.8. The molecule has 2 unspecified atom stereocenters. The molecule has 0 bridgehead atoms. The number of benzene rings is 2. The second-order valence-corrected chi connectivity index (χ2v) is 14.4. The van der Waals surface area contributed by atoms with Crippen molar-refractivity contribution in [2.45, 2.75) is 45.5 Å². The third-order valence-electron chi connectivity index (χ3n) is 5.90. The molecule has 3 aromatic rings. The van der Waals surface area contributed by atoms with Crippen molar-refractivity contribution in [1.29, 1.82) is 0 Å². The Bertz CT molecular complexity index is 1480. The quantitative estimate of drug-likeness (QED) is 0.0726. The highest BCUT2D eigenvalue weighted by atomic mass is 32.2. The maximum atomic E-state index is 16.1. The second kappa shape index (κ2) is 15.7. The van der Waals surface area contributed by atoms with Gasteiger partial charge in [0.05, 0.1) is 6.61 Å². The smallest absolute Gasteiger partial charge is 0.360 e. The summed E-state index contributed by atoms with van der Waals surface area (Å²) in [6, 6.07) is 12.4. The number of thioether (sulfide) groups is 1. The van der Waals surface area contributed by atoms with E-state index in [2.05, 4.69) is 11.7 Å². The number of halogens is 2. The number of carbonyl (C=O) groups excluding carboxylic acids is 3. The van der Waals surface area contributed by atoms with E-state index in [-0.39, 0.29) is 34.9 Å². The lowest BCUT2D eigenvalue weighted by molar-refractivity contribution is -0.146. The van der Waals surface area contributed by atoms with Crippen LogP contribution in [0.25, 0.3) is 10.1 Å². The summed E-state index contributed by atoms with van der Waals surface area (Å²) in [6.07, 6.45) is 1.70. The Morgan fingerprint density at radius 1 is 1.09 bits per heavy atom. The van der Waals surface area contributed by atoms with Gasteiger partial charge in [-0.2, -0.15) is 8.78 Å². The Morgan fingerprint density at radius 2 is 1.81 bits per heavy atom. The van der Waals surface area contributed by atoms with Gasteiger partial charge in [-0.05, 0) is 42.0 Å². The lowest BCUT2D eigenvalue weighted by Crippen LogP contribution is -2.38. The highest BCUT2D eigenvalue weighted by Gasteiger charge is 2.54. The fourth-order valence-electron chi connectivity index (χ4n) is 3.78. The van der Waals surface area contributed by atoms with Gasteiger partial charge in [0.2, 0.25) is 0 Å². The first kappa shape index (κ1) is 34.6. The summed E-state index contributed by atoms with van der Waals surface area (Å²) in [5.74, 6) is -1.42. The summed E-state index contributed by atoms with van der Waals surface area (Å²) in [7, 11) is -5.15. The Hall–Kier alpha value is -2.89. The molecule has 1 aromatic heterocycles. The number of esters is 2. The molecule has 2 atom stereocenters. The van der Waals surface area contributed by atoms with Gasteiger partial charge in [-0.25, -0.2) is 9.88 Å². The van der Waals surface area contributed by atoms with Crippen LogP contribution in [0.3, 0.4) is 0 Å². The Labute approximate surface area is 257 Å². The van der Waals surface area contributed by atoms with Crippen molar-refractivity contribution < 1.29 is 41.7 Å². The number of nitrogens with one attached hydrogen (secondary N) is 1. The van der Waals surface area contributed by atoms with Crippen molar-refractivity contribution in [1.82, 2.24) is 5.09 Å². The zero-order valence-corrected chi connectivity index (χ0v) is 26.6. The maximum absolute atomic E-state index is 16.1. The lowest BCUT2D eigenvalue weighted by atomic mass is 10.1. The number of alkyl halides is 2. The minimum Gasteiger partial charge on any atom is -0.460 e. The number of thiophene rings is 1. The predicted octanol–water partition coefficient (Wildman–Crippen LogP) is 7.53. The Morgan fingerprint density at radius 3 is 2.49 bits per heavy atom. The molecule has 0 radical (unpaired) electrons. The zero-order valence-electron chi connectivity index (χ0n) is 24.0. The molecule has 3 rings (SSSR count). The molecule has 0 fully saturated rings. The minimum atomic E-state index is -5.15. The third-order valence-corrected chi connectivity index (χ3v) is 10.1. The first-order valence-electron chi connectivity index (χ1n) is 13.4. The van der Waals surface area contributed by atoms with E-state index in [9.17, 15) is 18.9 Å². The number of hydrogen-bond donors (Lipinski definition) is 1. The maximum Gasteiger partial charge on any atom is 0.360 e. The number of rotatable bonds is 16. The van der Waals surface area contributed by atoms with E-state index in [4.69, 9.17) is 14.0 Å². The van der Waals surface area contributed by atoms with Crippen molar-refractivity contribution in [3.05, 3.63) is 83.3 Å². The van der Waals surface area contributed by atoms with Gasteiger partial charge in [-0.3, -0.25) is 14.2 Å². The molecule has 0 aliphatic rings. The van der Waals surface area contributed by atoms with Crippen LogP contribution in [0.15, 0.2) is 67.3 Å². The van der Waals surface area contributed by atoms with Crippen LogP contribution in [0, 0.1) is 5.92 Å². The second-order valence-electron chi connectivity index (χ2n) is 9.94. The molecular weight excluding hydrogens is 619 g/mol. The van der Waals surface area contributed by atoms with E-state index < -0.39 is 43.3 Å². The van der Waals surface area contributed by atoms with E-state index in [1.165, 1.54) is 25.1 Å². The number of ether oxygens (including phenoxy) is 2. The van der Waals surface area contributed by atoms with Gasteiger partial charge < -0.3 is 14.0 Å². The van der Waals surface area contributed by atoms with E-state index in [1.807, 2.05) is 13.8 Å². The Kier molecular flexibility index (Phi) is 12.6. The molecule has 0 aliphatic carbocycles. The van der Waals surface area contributed by atoms with Crippen molar-refractivity contribution >= 4 is 57.8 Å². The molecule has 1 N–H and O–H groups in total. The average Bonchev–Trinajstić information content (AvgIpc) is 3.41. The van der Waals surface area contributed by atoms with Gasteiger partial charge in [-0.15, -0.1) is 11.3 Å². The van der Waals surface area contributed by atoms with Crippen LogP contribution in [-0.4, -0.2) is 42.1 Å². The lowest BCUT2D eigenvalue weighted by Gasteiger charge is -2.29. The van der Waals surface area contributed by atoms with Gasteiger partial charge >= 0.3 is 25.1 Å².